The van der Waals surface area contributed by atoms with Crippen molar-refractivity contribution in [2.24, 2.45) is 28.6 Å². The third-order valence-corrected chi connectivity index (χ3v) is 8.05. The van der Waals surface area contributed by atoms with Crippen molar-refractivity contribution in [2.45, 2.75) is 72.1 Å². The van der Waals surface area contributed by atoms with Gasteiger partial charge in [-0.25, -0.2) is 0 Å². The molecule has 0 aromatic carbocycles. The van der Waals surface area contributed by atoms with Crippen LogP contribution in [0.15, 0.2) is 23.3 Å². The van der Waals surface area contributed by atoms with Crippen LogP contribution in [0.1, 0.15) is 72.1 Å². The van der Waals surface area contributed by atoms with Gasteiger partial charge < -0.3 is 0 Å². The maximum Gasteiger partial charge on any atom is 0.164 e. The van der Waals surface area contributed by atoms with E-state index in [4.69, 9.17) is 0 Å². The second kappa shape index (κ2) is 5.41. The fourth-order valence-electron chi connectivity index (χ4n) is 6.66. The van der Waals surface area contributed by atoms with E-state index in [2.05, 4.69) is 26.8 Å². The fraction of sp³-hybridized carbons (Fsp3) is 0.727. The molecule has 0 aromatic rings. The van der Waals surface area contributed by atoms with E-state index in [0.29, 0.717) is 35.7 Å². The summed E-state index contributed by atoms with van der Waals surface area (Å²) in [6.07, 6.45) is 12.3. The average molecular weight is 326 g/mol. The fourth-order valence-corrected chi connectivity index (χ4v) is 6.66. The van der Waals surface area contributed by atoms with Crippen molar-refractivity contribution < 1.29 is 9.59 Å². The van der Waals surface area contributed by atoms with Gasteiger partial charge in [-0.05, 0) is 79.8 Å². The molecule has 0 aromatic heterocycles. The molecule has 3 saturated carbocycles. The smallest absolute Gasteiger partial charge is 0.164 e. The highest BCUT2D eigenvalue weighted by Crippen LogP contribution is 2.65. The van der Waals surface area contributed by atoms with Gasteiger partial charge in [0, 0.05) is 11.8 Å². The first kappa shape index (κ1) is 16.3. The minimum Gasteiger partial charge on any atom is -0.295 e. The zero-order valence-corrected chi connectivity index (χ0v) is 15.4. The Morgan fingerprint density at radius 3 is 2.62 bits per heavy atom. The van der Waals surface area contributed by atoms with Crippen molar-refractivity contribution in [1.29, 1.82) is 0 Å². The van der Waals surface area contributed by atoms with Crippen molar-refractivity contribution in [3.8, 4) is 0 Å². The van der Waals surface area contributed by atoms with Crippen LogP contribution in [0.5, 0.6) is 0 Å². The van der Waals surface area contributed by atoms with E-state index in [1.165, 1.54) is 12.0 Å². The molecule has 4 rings (SSSR count). The van der Waals surface area contributed by atoms with Gasteiger partial charge in [-0.1, -0.05) is 32.4 Å². The largest absolute Gasteiger partial charge is 0.295 e. The molecule has 2 nitrogen and oxygen atoms in total. The number of allylic oxidation sites excluding steroid dienone is 3. The van der Waals surface area contributed by atoms with Crippen molar-refractivity contribution in [2.75, 3.05) is 0 Å². The standard InChI is InChI=1S/C22H30O2/c1-4-5-14-12-19-17-7-6-15-13-16(23)8-10-21(15,2)18(17)9-11-22(19,3)20(14)24/h5,13,17-19H,4,6-12H2,1-3H3/t17-,18-,19+,21+,22+/m1/s1. The summed E-state index contributed by atoms with van der Waals surface area (Å²) in [5.41, 5.74) is 2.61. The van der Waals surface area contributed by atoms with Gasteiger partial charge in [0.2, 0.25) is 0 Å². The highest BCUT2D eigenvalue weighted by atomic mass is 16.1. The summed E-state index contributed by atoms with van der Waals surface area (Å²) in [6, 6.07) is 0. The molecule has 0 N–H and O–H groups in total. The SMILES string of the molecule is CCC=C1C[C@H]2[C@@H]3CCC4=CC(=O)CC[C@]4(C)[C@@H]3CC[C@]2(C)C1=O. The number of ketones is 2. The maximum atomic E-state index is 13.0. The molecule has 24 heavy (non-hydrogen) atoms. The zero-order chi connectivity index (χ0) is 17.1. The van der Waals surface area contributed by atoms with Crippen molar-refractivity contribution >= 4 is 11.6 Å². The zero-order valence-electron chi connectivity index (χ0n) is 15.4. The van der Waals surface area contributed by atoms with Crippen molar-refractivity contribution in [3.63, 3.8) is 0 Å². The quantitative estimate of drug-likeness (QED) is 0.633. The Hall–Kier alpha value is -1.18. The van der Waals surface area contributed by atoms with Gasteiger partial charge in [0.05, 0.1) is 0 Å². The molecule has 0 spiro atoms. The molecule has 0 amide bonds. The molecule has 0 unspecified atom stereocenters. The lowest BCUT2D eigenvalue weighted by Crippen LogP contribution is -2.50. The second-order valence-corrected chi connectivity index (χ2v) is 9.10. The van der Waals surface area contributed by atoms with E-state index in [-0.39, 0.29) is 10.8 Å². The van der Waals surface area contributed by atoms with Crippen LogP contribution in [0, 0.1) is 28.6 Å². The lowest BCUT2D eigenvalue weighted by Gasteiger charge is -2.56. The van der Waals surface area contributed by atoms with Crippen LogP contribution >= 0.6 is 0 Å². The third-order valence-electron chi connectivity index (χ3n) is 8.05. The monoisotopic (exact) mass is 326 g/mol. The van der Waals surface area contributed by atoms with Crippen LogP contribution in [0.3, 0.4) is 0 Å². The van der Waals surface area contributed by atoms with Crippen LogP contribution in [0.25, 0.3) is 0 Å². The number of hydrogen-bond donors (Lipinski definition) is 0. The molecule has 0 aliphatic heterocycles. The molecule has 130 valence electrons. The van der Waals surface area contributed by atoms with Gasteiger partial charge in [0.15, 0.2) is 11.6 Å². The topological polar surface area (TPSA) is 34.1 Å². The molecule has 4 aliphatic carbocycles. The maximum absolute atomic E-state index is 13.0. The third kappa shape index (κ3) is 2.07. The predicted octanol–water partition coefficient (Wildman–Crippen LogP) is 5.03. The van der Waals surface area contributed by atoms with Gasteiger partial charge in [-0.2, -0.15) is 0 Å². The van der Waals surface area contributed by atoms with Crippen LogP contribution in [-0.2, 0) is 9.59 Å². The molecule has 3 fully saturated rings. The lowest BCUT2D eigenvalue weighted by atomic mass is 9.47. The Bertz CT molecular complexity index is 655. The summed E-state index contributed by atoms with van der Waals surface area (Å²) < 4.78 is 0. The van der Waals surface area contributed by atoms with Gasteiger partial charge in [-0.3, -0.25) is 9.59 Å². The first-order chi connectivity index (χ1) is 11.4. The van der Waals surface area contributed by atoms with Crippen molar-refractivity contribution in [3.05, 3.63) is 23.3 Å². The summed E-state index contributed by atoms with van der Waals surface area (Å²) in [7, 11) is 0. The van der Waals surface area contributed by atoms with Gasteiger partial charge in [0.25, 0.3) is 0 Å². The number of rotatable bonds is 1. The molecule has 0 radical (unpaired) electrons. The van der Waals surface area contributed by atoms with E-state index < -0.39 is 0 Å². The Morgan fingerprint density at radius 2 is 1.88 bits per heavy atom. The number of hydrogen-bond acceptors (Lipinski definition) is 2. The van der Waals surface area contributed by atoms with Crippen LogP contribution < -0.4 is 0 Å². The minimum atomic E-state index is -0.121. The lowest BCUT2D eigenvalue weighted by molar-refractivity contribution is -0.130. The van der Waals surface area contributed by atoms with Crippen LogP contribution in [-0.4, -0.2) is 11.6 Å². The summed E-state index contributed by atoms with van der Waals surface area (Å²) in [4.78, 5) is 24.9. The molecule has 0 heterocycles. The summed E-state index contributed by atoms with van der Waals surface area (Å²) in [5.74, 6) is 2.62. The Labute approximate surface area is 145 Å². The number of fused-ring (bicyclic) bond motifs is 5. The molecule has 4 aliphatic rings. The Kier molecular flexibility index (Phi) is 3.67. The Balaban J connectivity index is 1.69. The van der Waals surface area contributed by atoms with E-state index in [1.54, 1.807) is 0 Å². The summed E-state index contributed by atoms with van der Waals surface area (Å²) in [6.45, 7) is 6.78. The predicted molar refractivity (Wildman–Crippen MR) is 95.5 cm³/mol. The van der Waals surface area contributed by atoms with Crippen LogP contribution in [0.2, 0.25) is 0 Å². The van der Waals surface area contributed by atoms with E-state index in [0.717, 1.165) is 44.1 Å². The van der Waals surface area contributed by atoms with Gasteiger partial charge >= 0.3 is 0 Å². The first-order valence-electron chi connectivity index (χ1n) is 9.88. The number of carbonyl (C=O) groups is 2. The first-order valence-corrected chi connectivity index (χ1v) is 9.88. The average Bonchev–Trinajstić information content (AvgIpc) is 2.81. The normalized spacial score (nSPS) is 46.4. The molecule has 5 atom stereocenters. The van der Waals surface area contributed by atoms with E-state index >= 15 is 0 Å². The molecular formula is C22H30O2. The minimum absolute atomic E-state index is 0.121. The number of carbonyl (C=O) groups excluding carboxylic acids is 2. The second-order valence-electron chi connectivity index (χ2n) is 9.10. The summed E-state index contributed by atoms with van der Waals surface area (Å²) >= 11 is 0. The van der Waals surface area contributed by atoms with Crippen molar-refractivity contribution in [1.82, 2.24) is 0 Å². The Morgan fingerprint density at radius 1 is 1.08 bits per heavy atom. The van der Waals surface area contributed by atoms with E-state index in [9.17, 15) is 9.59 Å². The molecular weight excluding hydrogens is 296 g/mol. The summed E-state index contributed by atoms with van der Waals surface area (Å²) in [5, 5.41) is 0. The number of Topliss-reactive ketones (excluding diaryl/α,β-unsaturated/α-hetero) is 1. The van der Waals surface area contributed by atoms with E-state index in [1.807, 2.05) is 6.08 Å². The van der Waals surface area contributed by atoms with Gasteiger partial charge in [-0.15, -0.1) is 0 Å². The highest BCUT2D eigenvalue weighted by Gasteiger charge is 2.60. The molecule has 2 heteroatoms. The van der Waals surface area contributed by atoms with Crippen LogP contribution in [0.4, 0.5) is 0 Å². The molecule has 0 bridgehead atoms. The highest BCUT2D eigenvalue weighted by molar-refractivity contribution is 6.02. The van der Waals surface area contributed by atoms with Gasteiger partial charge in [0.1, 0.15) is 0 Å². The molecule has 0 saturated heterocycles.